The summed E-state index contributed by atoms with van der Waals surface area (Å²) >= 11 is 0. The normalized spacial score (nSPS) is 19.7. The molecular weight excluding hydrogens is 430 g/mol. The quantitative estimate of drug-likeness (QED) is 0.664. The standard InChI is InChI=1S/C23H25N3O5S/c1-24-19-9-8-17(15-18(19)21(23(24)28)16-5-2-3-6-16)32(29,30)26-12-10-25(11-13-26)22(27)20-7-4-14-31-20/h4,7-9,14-15H,2-3,5-6,10-13H2,1H3. The predicted molar refractivity (Wildman–Crippen MR) is 119 cm³/mol. The first-order valence-electron chi connectivity index (χ1n) is 10.9. The third kappa shape index (κ3) is 3.36. The first-order valence-corrected chi connectivity index (χ1v) is 12.3. The number of benzene rings is 1. The number of piperazine rings is 1. The molecule has 2 amide bonds. The summed E-state index contributed by atoms with van der Waals surface area (Å²) in [7, 11) is -2.02. The van der Waals surface area contributed by atoms with E-state index < -0.39 is 10.0 Å². The molecule has 2 aromatic rings. The van der Waals surface area contributed by atoms with Crippen molar-refractivity contribution in [1.29, 1.82) is 0 Å². The van der Waals surface area contributed by atoms with Gasteiger partial charge in [0.25, 0.3) is 11.8 Å². The second-order valence-corrected chi connectivity index (χ2v) is 10.3. The molecule has 32 heavy (non-hydrogen) atoms. The molecule has 0 atom stereocenters. The minimum atomic E-state index is -3.75. The van der Waals surface area contributed by atoms with Gasteiger partial charge in [0.15, 0.2) is 5.76 Å². The maximum absolute atomic E-state index is 13.4. The lowest BCUT2D eigenvalue weighted by Gasteiger charge is -2.33. The second kappa shape index (κ2) is 7.90. The largest absolute Gasteiger partial charge is 0.459 e. The van der Waals surface area contributed by atoms with E-state index in [-0.39, 0.29) is 35.6 Å². The van der Waals surface area contributed by atoms with E-state index >= 15 is 0 Å². The van der Waals surface area contributed by atoms with Crippen molar-refractivity contribution in [2.75, 3.05) is 38.1 Å². The number of allylic oxidation sites excluding steroid dienone is 1. The Bertz CT molecular complexity index is 1200. The Morgan fingerprint density at radius 1 is 1.03 bits per heavy atom. The lowest BCUT2D eigenvalue weighted by atomic mass is 10.00. The molecule has 2 aliphatic heterocycles. The van der Waals surface area contributed by atoms with Crippen LogP contribution in [0.5, 0.6) is 0 Å². The summed E-state index contributed by atoms with van der Waals surface area (Å²) in [6, 6.07) is 8.19. The minimum Gasteiger partial charge on any atom is -0.459 e. The number of hydrogen-bond donors (Lipinski definition) is 0. The van der Waals surface area contributed by atoms with Gasteiger partial charge in [-0.25, -0.2) is 8.42 Å². The van der Waals surface area contributed by atoms with Crippen molar-refractivity contribution in [2.45, 2.75) is 30.6 Å². The van der Waals surface area contributed by atoms with Gasteiger partial charge in [-0.2, -0.15) is 4.31 Å². The number of sulfonamides is 1. The number of nitrogens with zero attached hydrogens (tertiary/aromatic N) is 3. The highest BCUT2D eigenvalue weighted by Crippen LogP contribution is 2.42. The molecule has 1 aromatic carbocycles. The first kappa shape index (κ1) is 21.0. The number of anilines is 1. The number of carbonyl (C=O) groups is 2. The summed E-state index contributed by atoms with van der Waals surface area (Å²) in [5.41, 5.74) is 3.26. The fourth-order valence-electron chi connectivity index (χ4n) is 4.79. The molecule has 3 aliphatic rings. The molecule has 0 spiro atoms. The van der Waals surface area contributed by atoms with Crippen LogP contribution >= 0.6 is 0 Å². The smallest absolute Gasteiger partial charge is 0.289 e. The summed E-state index contributed by atoms with van der Waals surface area (Å²) < 4.78 is 33.3. The number of rotatable bonds is 3. The van der Waals surface area contributed by atoms with Crippen molar-refractivity contribution in [3.05, 3.63) is 53.5 Å². The van der Waals surface area contributed by atoms with Crippen molar-refractivity contribution < 1.29 is 22.4 Å². The molecule has 2 fully saturated rings. The average molecular weight is 456 g/mol. The van der Waals surface area contributed by atoms with Gasteiger partial charge in [0, 0.05) is 44.4 Å². The van der Waals surface area contributed by atoms with E-state index in [1.54, 1.807) is 47.2 Å². The lowest BCUT2D eigenvalue weighted by Crippen LogP contribution is -2.50. The molecule has 1 saturated heterocycles. The van der Waals surface area contributed by atoms with E-state index in [2.05, 4.69) is 0 Å². The SMILES string of the molecule is CN1C(=O)C(=C2CCCC2)c2cc(S(=O)(=O)N3CCN(C(=O)c4ccco4)CC3)ccc21. The van der Waals surface area contributed by atoms with E-state index in [0.717, 1.165) is 36.9 Å². The fraction of sp³-hybridized carbons (Fsp3) is 0.391. The Kier molecular flexibility index (Phi) is 5.17. The highest BCUT2D eigenvalue weighted by Gasteiger charge is 2.36. The minimum absolute atomic E-state index is 0.0588. The number of fused-ring (bicyclic) bond motifs is 1. The van der Waals surface area contributed by atoms with Gasteiger partial charge in [0.1, 0.15) is 0 Å². The Morgan fingerprint density at radius 3 is 2.41 bits per heavy atom. The Balaban J connectivity index is 1.39. The molecule has 0 unspecified atom stereocenters. The topological polar surface area (TPSA) is 91.1 Å². The van der Waals surface area contributed by atoms with Crippen LogP contribution in [0.4, 0.5) is 5.69 Å². The molecule has 168 valence electrons. The maximum atomic E-state index is 13.4. The van der Waals surface area contributed by atoms with Gasteiger partial charge < -0.3 is 14.2 Å². The molecule has 1 aliphatic carbocycles. The van der Waals surface area contributed by atoms with Crippen LogP contribution in [0.25, 0.3) is 5.57 Å². The molecule has 1 aromatic heterocycles. The Morgan fingerprint density at radius 2 is 1.75 bits per heavy atom. The van der Waals surface area contributed by atoms with Crippen LogP contribution in [0.1, 0.15) is 41.8 Å². The molecule has 0 N–H and O–H groups in total. The van der Waals surface area contributed by atoms with Crippen LogP contribution in [0.2, 0.25) is 0 Å². The number of furan rings is 1. The van der Waals surface area contributed by atoms with Crippen molar-refractivity contribution in [1.82, 2.24) is 9.21 Å². The van der Waals surface area contributed by atoms with Gasteiger partial charge in [0.05, 0.1) is 16.8 Å². The molecule has 8 nitrogen and oxygen atoms in total. The first-order chi connectivity index (χ1) is 15.4. The predicted octanol–water partition coefficient (Wildman–Crippen LogP) is 2.73. The van der Waals surface area contributed by atoms with Crippen LogP contribution in [0.3, 0.4) is 0 Å². The highest BCUT2D eigenvalue weighted by molar-refractivity contribution is 7.89. The third-order valence-corrected chi connectivity index (χ3v) is 8.47. The molecule has 1 saturated carbocycles. The lowest BCUT2D eigenvalue weighted by molar-refractivity contribution is -0.112. The van der Waals surface area contributed by atoms with Crippen LogP contribution in [0.15, 0.2) is 51.5 Å². The molecule has 3 heterocycles. The monoisotopic (exact) mass is 455 g/mol. The van der Waals surface area contributed by atoms with Gasteiger partial charge >= 0.3 is 0 Å². The van der Waals surface area contributed by atoms with Gasteiger partial charge in [0.2, 0.25) is 10.0 Å². The molecule has 5 rings (SSSR count). The maximum Gasteiger partial charge on any atom is 0.289 e. The Hall–Kier alpha value is -2.91. The zero-order chi connectivity index (χ0) is 22.5. The van der Waals surface area contributed by atoms with Crippen molar-refractivity contribution in [2.24, 2.45) is 0 Å². The molecule has 0 bridgehead atoms. The summed E-state index contributed by atoms with van der Waals surface area (Å²) in [6.45, 7) is 0.998. The fourth-order valence-corrected chi connectivity index (χ4v) is 6.24. The molecule has 0 radical (unpaired) electrons. The van der Waals surface area contributed by atoms with Crippen molar-refractivity contribution >= 4 is 33.1 Å². The number of hydrogen-bond acceptors (Lipinski definition) is 5. The van der Waals surface area contributed by atoms with Crippen molar-refractivity contribution in [3.8, 4) is 0 Å². The summed E-state index contributed by atoms with van der Waals surface area (Å²) in [5.74, 6) is -0.0448. The van der Waals surface area contributed by atoms with Crippen molar-refractivity contribution in [3.63, 3.8) is 0 Å². The van der Waals surface area contributed by atoms with E-state index in [1.165, 1.54) is 10.6 Å². The number of carbonyl (C=O) groups excluding carboxylic acids is 2. The van der Waals surface area contributed by atoms with Gasteiger partial charge in [-0.3, -0.25) is 9.59 Å². The second-order valence-electron chi connectivity index (χ2n) is 8.40. The van der Waals surface area contributed by atoms with E-state index in [1.807, 2.05) is 0 Å². The summed E-state index contributed by atoms with van der Waals surface area (Å²) in [6.07, 6.45) is 5.33. The van der Waals surface area contributed by atoms with E-state index in [0.29, 0.717) is 24.2 Å². The number of amides is 2. The summed E-state index contributed by atoms with van der Waals surface area (Å²) in [5, 5.41) is 0. The van der Waals surface area contributed by atoms with E-state index in [4.69, 9.17) is 4.42 Å². The molecular formula is C23H25N3O5S. The highest BCUT2D eigenvalue weighted by atomic mass is 32.2. The Labute approximate surface area is 187 Å². The van der Waals surface area contributed by atoms with Gasteiger partial charge in [-0.1, -0.05) is 5.57 Å². The van der Waals surface area contributed by atoms with Gasteiger partial charge in [-0.05, 0) is 56.0 Å². The van der Waals surface area contributed by atoms with Gasteiger partial charge in [-0.15, -0.1) is 0 Å². The van der Waals surface area contributed by atoms with Crippen LogP contribution in [-0.2, 0) is 14.8 Å². The van der Waals surface area contributed by atoms with Crippen LogP contribution in [0, 0.1) is 0 Å². The average Bonchev–Trinajstić information content (AvgIpc) is 3.56. The van der Waals surface area contributed by atoms with Crippen LogP contribution in [-0.4, -0.2) is 62.7 Å². The summed E-state index contributed by atoms with van der Waals surface area (Å²) in [4.78, 5) is 28.7. The number of likely N-dealkylation sites (N-methyl/N-ethyl adjacent to an activating group) is 1. The van der Waals surface area contributed by atoms with Crippen LogP contribution < -0.4 is 4.90 Å². The third-order valence-electron chi connectivity index (χ3n) is 6.57. The van der Waals surface area contributed by atoms with E-state index in [9.17, 15) is 18.0 Å². The molecule has 9 heteroatoms. The zero-order valence-corrected chi connectivity index (χ0v) is 18.7. The zero-order valence-electron chi connectivity index (χ0n) is 17.9.